The van der Waals surface area contributed by atoms with E-state index in [0.717, 1.165) is 22.3 Å². The summed E-state index contributed by atoms with van der Waals surface area (Å²) in [6.07, 6.45) is 0.0873. The normalized spacial score (nSPS) is 10.4. The summed E-state index contributed by atoms with van der Waals surface area (Å²) in [5.41, 5.74) is 0.918. The van der Waals surface area contributed by atoms with E-state index in [4.69, 9.17) is 5.11 Å². The van der Waals surface area contributed by atoms with Crippen molar-refractivity contribution in [3.8, 4) is 0 Å². The number of nitrogens with zero attached hydrogens (tertiary/aromatic N) is 1. The molecule has 1 aromatic carbocycles. The summed E-state index contributed by atoms with van der Waals surface area (Å²) in [7, 11) is 0. The molecular formula is C13H14N2O2. The Bertz CT molecular complexity index is 552. The molecule has 17 heavy (non-hydrogen) atoms. The van der Waals surface area contributed by atoms with Crippen molar-refractivity contribution in [2.45, 2.75) is 13.3 Å². The number of rotatable bonds is 4. The molecule has 2 aromatic rings. The number of hydrogen-bond donors (Lipinski definition) is 2. The van der Waals surface area contributed by atoms with Crippen LogP contribution in [0.4, 0.5) is 5.82 Å². The van der Waals surface area contributed by atoms with Gasteiger partial charge in [-0.25, -0.2) is 4.98 Å². The number of carboxylic acid groups (broad SMARTS) is 1. The average Bonchev–Trinajstić information content (AvgIpc) is 2.28. The standard InChI is InChI=1S/C13H14N2O2/c1-9-8-10-4-2-3-5-11(10)13(15-9)14-7-6-12(16)17/h2-5,8H,6-7H2,1H3,(H,14,15)(H,16,17). The van der Waals surface area contributed by atoms with Gasteiger partial charge in [0, 0.05) is 17.6 Å². The van der Waals surface area contributed by atoms with Gasteiger partial charge in [0.25, 0.3) is 0 Å². The highest BCUT2D eigenvalue weighted by molar-refractivity contribution is 5.92. The molecule has 0 amide bonds. The van der Waals surface area contributed by atoms with Crippen LogP contribution in [0.15, 0.2) is 30.3 Å². The predicted octanol–water partition coefficient (Wildman–Crippen LogP) is 2.43. The maximum atomic E-state index is 10.5. The molecule has 1 heterocycles. The van der Waals surface area contributed by atoms with E-state index in [-0.39, 0.29) is 6.42 Å². The van der Waals surface area contributed by atoms with E-state index in [9.17, 15) is 4.79 Å². The second-order valence-corrected chi connectivity index (χ2v) is 3.90. The summed E-state index contributed by atoms with van der Waals surface area (Å²) in [5, 5.41) is 13.8. The Hall–Kier alpha value is -2.10. The lowest BCUT2D eigenvalue weighted by Gasteiger charge is -2.09. The SMILES string of the molecule is Cc1cc2ccccc2c(NCCC(=O)O)n1. The molecule has 4 heteroatoms. The highest BCUT2D eigenvalue weighted by Gasteiger charge is 2.04. The van der Waals surface area contributed by atoms with Crippen LogP contribution in [0.1, 0.15) is 12.1 Å². The monoisotopic (exact) mass is 230 g/mol. The Kier molecular flexibility index (Phi) is 3.23. The van der Waals surface area contributed by atoms with E-state index in [2.05, 4.69) is 10.3 Å². The number of aryl methyl sites for hydroxylation is 1. The maximum absolute atomic E-state index is 10.5. The number of aromatic nitrogens is 1. The zero-order chi connectivity index (χ0) is 12.3. The summed E-state index contributed by atoms with van der Waals surface area (Å²) < 4.78 is 0. The van der Waals surface area contributed by atoms with E-state index < -0.39 is 5.97 Å². The molecular weight excluding hydrogens is 216 g/mol. The number of hydrogen-bond acceptors (Lipinski definition) is 3. The molecule has 0 fully saturated rings. The van der Waals surface area contributed by atoms with Gasteiger partial charge in [-0.1, -0.05) is 24.3 Å². The van der Waals surface area contributed by atoms with Gasteiger partial charge in [0.05, 0.1) is 6.42 Å². The Morgan fingerprint density at radius 2 is 2.18 bits per heavy atom. The summed E-state index contributed by atoms with van der Waals surface area (Å²) >= 11 is 0. The Morgan fingerprint density at radius 3 is 2.94 bits per heavy atom. The third-order valence-electron chi connectivity index (χ3n) is 2.50. The van der Waals surface area contributed by atoms with Crippen LogP contribution >= 0.6 is 0 Å². The fourth-order valence-electron chi connectivity index (χ4n) is 1.76. The van der Waals surface area contributed by atoms with Crippen LogP contribution in [-0.4, -0.2) is 22.6 Å². The first-order valence-electron chi connectivity index (χ1n) is 5.49. The highest BCUT2D eigenvalue weighted by atomic mass is 16.4. The van der Waals surface area contributed by atoms with Crippen LogP contribution in [0, 0.1) is 6.92 Å². The molecule has 0 unspecified atom stereocenters. The van der Waals surface area contributed by atoms with Crippen LogP contribution in [-0.2, 0) is 4.79 Å². The quantitative estimate of drug-likeness (QED) is 0.846. The largest absolute Gasteiger partial charge is 0.481 e. The summed E-state index contributed by atoms with van der Waals surface area (Å²) in [6, 6.07) is 9.93. The second kappa shape index (κ2) is 4.82. The third-order valence-corrected chi connectivity index (χ3v) is 2.50. The van der Waals surface area contributed by atoms with Crippen LogP contribution < -0.4 is 5.32 Å². The van der Waals surface area contributed by atoms with Gasteiger partial charge in [-0.15, -0.1) is 0 Å². The minimum atomic E-state index is -0.811. The van der Waals surface area contributed by atoms with Gasteiger partial charge < -0.3 is 10.4 Å². The van der Waals surface area contributed by atoms with Gasteiger partial charge in [-0.05, 0) is 18.4 Å². The number of fused-ring (bicyclic) bond motifs is 1. The molecule has 0 aliphatic heterocycles. The van der Waals surface area contributed by atoms with Crippen molar-refractivity contribution < 1.29 is 9.90 Å². The van der Waals surface area contributed by atoms with Crippen molar-refractivity contribution in [1.82, 2.24) is 4.98 Å². The van der Waals surface area contributed by atoms with Gasteiger partial charge in [-0.2, -0.15) is 0 Å². The molecule has 1 aromatic heterocycles. The lowest BCUT2D eigenvalue weighted by atomic mass is 10.1. The predicted molar refractivity (Wildman–Crippen MR) is 67.2 cm³/mol. The molecule has 4 nitrogen and oxygen atoms in total. The van der Waals surface area contributed by atoms with Crippen LogP contribution in [0.5, 0.6) is 0 Å². The average molecular weight is 230 g/mol. The minimum absolute atomic E-state index is 0.0873. The first kappa shape index (κ1) is 11.4. The van der Waals surface area contributed by atoms with Crippen molar-refractivity contribution in [2.75, 3.05) is 11.9 Å². The van der Waals surface area contributed by atoms with Crippen LogP contribution in [0.25, 0.3) is 10.8 Å². The van der Waals surface area contributed by atoms with E-state index >= 15 is 0 Å². The molecule has 0 bridgehead atoms. The van der Waals surface area contributed by atoms with E-state index in [0.29, 0.717) is 6.54 Å². The number of carbonyl (C=O) groups is 1. The molecule has 2 N–H and O–H groups in total. The molecule has 0 saturated carbocycles. The number of nitrogens with one attached hydrogen (secondary N) is 1. The molecule has 0 aliphatic carbocycles. The van der Waals surface area contributed by atoms with Gasteiger partial charge in [-0.3, -0.25) is 4.79 Å². The molecule has 0 radical (unpaired) electrons. The number of carboxylic acids is 1. The van der Waals surface area contributed by atoms with Crippen molar-refractivity contribution >= 4 is 22.6 Å². The highest BCUT2D eigenvalue weighted by Crippen LogP contribution is 2.22. The summed E-state index contributed by atoms with van der Waals surface area (Å²) in [6.45, 7) is 2.31. The number of benzene rings is 1. The van der Waals surface area contributed by atoms with Gasteiger partial charge in [0.2, 0.25) is 0 Å². The Balaban J connectivity index is 2.29. The maximum Gasteiger partial charge on any atom is 0.305 e. The third kappa shape index (κ3) is 2.72. The number of anilines is 1. The van der Waals surface area contributed by atoms with Gasteiger partial charge >= 0.3 is 5.97 Å². The molecule has 88 valence electrons. The lowest BCUT2D eigenvalue weighted by molar-refractivity contribution is -0.136. The Morgan fingerprint density at radius 1 is 1.41 bits per heavy atom. The van der Waals surface area contributed by atoms with Gasteiger partial charge in [0.15, 0.2) is 0 Å². The molecule has 2 rings (SSSR count). The first-order chi connectivity index (χ1) is 8.16. The fourth-order valence-corrected chi connectivity index (χ4v) is 1.76. The van der Waals surface area contributed by atoms with Crippen molar-refractivity contribution in [3.05, 3.63) is 36.0 Å². The number of aliphatic carboxylic acids is 1. The van der Waals surface area contributed by atoms with E-state index in [1.807, 2.05) is 37.3 Å². The van der Waals surface area contributed by atoms with Crippen molar-refractivity contribution in [2.24, 2.45) is 0 Å². The molecule has 0 atom stereocenters. The van der Waals surface area contributed by atoms with Gasteiger partial charge in [0.1, 0.15) is 5.82 Å². The number of pyridine rings is 1. The van der Waals surface area contributed by atoms with E-state index in [1.54, 1.807) is 0 Å². The smallest absolute Gasteiger partial charge is 0.305 e. The zero-order valence-corrected chi connectivity index (χ0v) is 9.60. The Labute approximate surface area is 99.3 Å². The minimum Gasteiger partial charge on any atom is -0.481 e. The second-order valence-electron chi connectivity index (χ2n) is 3.90. The van der Waals surface area contributed by atoms with Crippen LogP contribution in [0.3, 0.4) is 0 Å². The van der Waals surface area contributed by atoms with Crippen LogP contribution in [0.2, 0.25) is 0 Å². The van der Waals surface area contributed by atoms with Crippen molar-refractivity contribution in [1.29, 1.82) is 0 Å². The summed E-state index contributed by atoms with van der Waals surface area (Å²) in [5.74, 6) is -0.0590. The molecule has 0 spiro atoms. The lowest BCUT2D eigenvalue weighted by Crippen LogP contribution is -2.09. The summed E-state index contributed by atoms with van der Waals surface area (Å²) in [4.78, 5) is 14.9. The zero-order valence-electron chi connectivity index (χ0n) is 9.60. The first-order valence-corrected chi connectivity index (χ1v) is 5.49. The van der Waals surface area contributed by atoms with Crippen molar-refractivity contribution in [3.63, 3.8) is 0 Å². The molecule has 0 aliphatic rings. The molecule has 0 saturated heterocycles. The van der Waals surface area contributed by atoms with E-state index in [1.165, 1.54) is 0 Å². The fraction of sp³-hybridized carbons (Fsp3) is 0.231. The topological polar surface area (TPSA) is 62.2 Å².